The van der Waals surface area contributed by atoms with E-state index in [-0.39, 0.29) is 24.5 Å². The first-order chi connectivity index (χ1) is 18.7. The predicted molar refractivity (Wildman–Crippen MR) is 156 cm³/mol. The lowest BCUT2D eigenvalue weighted by Gasteiger charge is -2.20. The highest BCUT2D eigenvalue weighted by Gasteiger charge is 2.26. The zero-order valence-electron chi connectivity index (χ0n) is 22.7. The number of fused-ring (bicyclic) bond motifs is 2. The zero-order chi connectivity index (χ0) is 27.7. The summed E-state index contributed by atoms with van der Waals surface area (Å²) >= 11 is 1.46. The van der Waals surface area contributed by atoms with Crippen LogP contribution in [0.2, 0.25) is 25.7 Å². The first kappa shape index (κ1) is 27.2. The minimum Gasteiger partial charge on any atom is -0.490 e. The van der Waals surface area contributed by atoms with Crippen molar-refractivity contribution in [2.45, 2.75) is 25.7 Å². The van der Waals surface area contributed by atoms with Crippen molar-refractivity contribution in [2.24, 2.45) is 7.05 Å². The maximum Gasteiger partial charge on any atom is 0.223 e. The van der Waals surface area contributed by atoms with Gasteiger partial charge in [-0.1, -0.05) is 25.7 Å². The molecule has 204 valence electrons. The maximum atomic E-state index is 15.6. The van der Waals surface area contributed by atoms with E-state index >= 15 is 4.39 Å². The lowest BCUT2D eigenvalue weighted by molar-refractivity contribution is 0.146. The molecule has 0 saturated carbocycles. The standard InChI is InChI=1S/C29H31F2N3O3SSi/c1-34-23-7-6-18(14-19(23)17-32-34)27-21-8-12-38-28(21)26(29(33-27)37-11-13-39(3,4)5)25-22(31)15-20(30)16-24(25)36-10-9-35-2/h6-8,12,14-17H,9-11,13H2,1-5H3. The van der Waals surface area contributed by atoms with Gasteiger partial charge >= 0.3 is 0 Å². The third kappa shape index (κ3) is 5.68. The van der Waals surface area contributed by atoms with Crippen LogP contribution < -0.4 is 9.47 Å². The molecule has 0 aliphatic heterocycles. The lowest BCUT2D eigenvalue weighted by Crippen LogP contribution is -2.22. The van der Waals surface area contributed by atoms with Crippen LogP contribution >= 0.6 is 11.3 Å². The second-order valence-electron chi connectivity index (χ2n) is 10.6. The molecule has 0 atom stereocenters. The van der Waals surface area contributed by atoms with E-state index in [4.69, 9.17) is 19.2 Å². The van der Waals surface area contributed by atoms with Crippen molar-refractivity contribution in [2.75, 3.05) is 26.9 Å². The molecule has 6 nitrogen and oxygen atoms in total. The fourth-order valence-corrected chi connectivity index (χ4v) is 6.11. The van der Waals surface area contributed by atoms with E-state index in [0.717, 1.165) is 44.4 Å². The monoisotopic (exact) mass is 567 g/mol. The number of hydrogen-bond donors (Lipinski definition) is 0. The highest BCUT2D eigenvalue weighted by molar-refractivity contribution is 7.18. The van der Waals surface area contributed by atoms with Gasteiger partial charge in [0.15, 0.2) is 0 Å². The number of thiophene rings is 1. The third-order valence-corrected chi connectivity index (χ3v) is 9.13. The van der Waals surface area contributed by atoms with Crippen LogP contribution in [0.4, 0.5) is 8.78 Å². The molecule has 0 unspecified atom stereocenters. The number of aryl methyl sites for hydroxylation is 1. The summed E-state index contributed by atoms with van der Waals surface area (Å²) in [6.07, 6.45) is 1.82. The van der Waals surface area contributed by atoms with Crippen LogP contribution in [0, 0.1) is 11.6 Å². The molecule has 0 bridgehead atoms. The van der Waals surface area contributed by atoms with Gasteiger partial charge in [-0.15, -0.1) is 11.3 Å². The summed E-state index contributed by atoms with van der Waals surface area (Å²) in [4.78, 5) is 4.99. The van der Waals surface area contributed by atoms with Crippen LogP contribution in [0.5, 0.6) is 11.6 Å². The lowest BCUT2D eigenvalue weighted by atomic mass is 10.00. The molecule has 5 rings (SSSR count). The van der Waals surface area contributed by atoms with Gasteiger partial charge < -0.3 is 14.2 Å². The Morgan fingerprint density at radius 2 is 1.79 bits per heavy atom. The molecule has 2 aromatic carbocycles. The molecule has 0 saturated heterocycles. The Bertz CT molecular complexity index is 1640. The molecule has 0 spiro atoms. The molecular formula is C29H31F2N3O3SSi. The summed E-state index contributed by atoms with van der Waals surface area (Å²) in [5.41, 5.74) is 3.23. The molecule has 0 N–H and O–H groups in total. The van der Waals surface area contributed by atoms with E-state index in [2.05, 4.69) is 24.7 Å². The van der Waals surface area contributed by atoms with Crippen molar-refractivity contribution in [3.8, 4) is 34.0 Å². The number of aromatic nitrogens is 3. The van der Waals surface area contributed by atoms with Gasteiger partial charge in [-0.05, 0) is 29.6 Å². The summed E-state index contributed by atoms with van der Waals surface area (Å²) in [7, 11) is 2.02. The van der Waals surface area contributed by atoms with Crippen LogP contribution in [0.1, 0.15) is 0 Å². The molecule has 5 aromatic rings. The van der Waals surface area contributed by atoms with Crippen molar-refractivity contribution in [1.82, 2.24) is 14.8 Å². The molecule has 0 radical (unpaired) electrons. The van der Waals surface area contributed by atoms with E-state index in [1.807, 2.05) is 47.6 Å². The molecule has 0 aliphatic rings. The van der Waals surface area contributed by atoms with Gasteiger partial charge in [0.2, 0.25) is 5.88 Å². The Balaban J connectivity index is 1.73. The van der Waals surface area contributed by atoms with E-state index < -0.39 is 19.7 Å². The second kappa shape index (κ2) is 11.0. The minimum atomic E-state index is -1.43. The number of ether oxygens (including phenoxy) is 3. The predicted octanol–water partition coefficient (Wildman–Crippen LogP) is 7.54. The third-order valence-electron chi connectivity index (χ3n) is 6.50. The second-order valence-corrected chi connectivity index (χ2v) is 17.1. The van der Waals surface area contributed by atoms with Gasteiger partial charge in [-0.3, -0.25) is 4.68 Å². The van der Waals surface area contributed by atoms with Crippen molar-refractivity contribution in [1.29, 1.82) is 0 Å². The number of pyridine rings is 1. The van der Waals surface area contributed by atoms with Crippen LogP contribution in [0.25, 0.3) is 43.4 Å². The largest absolute Gasteiger partial charge is 0.490 e. The summed E-state index contributed by atoms with van der Waals surface area (Å²) < 4.78 is 49.8. The Morgan fingerprint density at radius 3 is 2.56 bits per heavy atom. The Morgan fingerprint density at radius 1 is 0.974 bits per heavy atom. The summed E-state index contributed by atoms with van der Waals surface area (Å²) in [5.74, 6) is -1.08. The number of methoxy groups -OCH3 is 1. The van der Waals surface area contributed by atoms with Crippen molar-refractivity contribution >= 4 is 40.4 Å². The molecule has 39 heavy (non-hydrogen) atoms. The van der Waals surface area contributed by atoms with Crippen molar-refractivity contribution in [3.05, 3.63) is 59.6 Å². The van der Waals surface area contributed by atoms with E-state index in [0.29, 0.717) is 18.1 Å². The number of rotatable bonds is 10. The van der Waals surface area contributed by atoms with Crippen molar-refractivity contribution in [3.63, 3.8) is 0 Å². The Labute approximate surface area is 231 Å². The SMILES string of the molecule is COCCOc1cc(F)cc(F)c1-c1c(OCC[Si](C)(C)C)nc(-c2ccc3c(cnn3C)c2)c2ccsc12. The fraction of sp³-hybridized carbons (Fsp3) is 0.310. The van der Waals surface area contributed by atoms with E-state index in [1.54, 1.807) is 7.11 Å². The van der Waals surface area contributed by atoms with Crippen LogP contribution in [-0.4, -0.2) is 49.8 Å². The van der Waals surface area contributed by atoms with E-state index in [9.17, 15) is 4.39 Å². The summed E-state index contributed by atoms with van der Waals surface area (Å²) in [5, 5.41) is 8.14. The molecule has 0 fully saturated rings. The molecular weight excluding hydrogens is 536 g/mol. The van der Waals surface area contributed by atoms with Gasteiger partial charge in [-0.2, -0.15) is 5.10 Å². The Kier molecular flexibility index (Phi) is 7.70. The molecule has 0 aliphatic carbocycles. The van der Waals surface area contributed by atoms with Gasteiger partial charge in [0.25, 0.3) is 0 Å². The van der Waals surface area contributed by atoms with Crippen LogP contribution in [0.3, 0.4) is 0 Å². The smallest absolute Gasteiger partial charge is 0.223 e. The topological polar surface area (TPSA) is 58.4 Å². The molecule has 3 aromatic heterocycles. The highest BCUT2D eigenvalue weighted by Crippen LogP contribution is 2.47. The van der Waals surface area contributed by atoms with Gasteiger partial charge in [-0.25, -0.2) is 13.8 Å². The van der Waals surface area contributed by atoms with Gasteiger partial charge in [0, 0.05) is 55.4 Å². The highest BCUT2D eigenvalue weighted by atomic mass is 32.1. The van der Waals surface area contributed by atoms with Crippen LogP contribution in [-0.2, 0) is 11.8 Å². The number of hydrogen-bond acceptors (Lipinski definition) is 6. The van der Waals surface area contributed by atoms with E-state index in [1.165, 1.54) is 17.4 Å². The summed E-state index contributed by atoms with van der Waals surface area (Å²) in [6.45, 7) is 7.66. The summed E-state index contributed by atoms with van der Waals surface area (Å²) in [6, 6.07) is 11.0. The normalized spacial score (nSPS) is 12.0. The number of halogens is 2. The quantitative estimate of drug-likeness (QED) is 0.129. The molecule has 3 heterocycles. The first-order valence-electron chi connectivity index (χ1n) is 12.7. The van der Waals surface area contributed by atoms with Gasteiger partial charge in [0.05, 0.1) is 41.7 Å². The number of nitrogens with zero attached hydrogens (tertiary/aromatic N) is 3. The average molecular weight is 568 g/mol. The zero-order valence-corrected chi connectivity index (χ0v) is 24.5. The minimum absolute atomic E-state index is 0.0839. The van der Waals surface area contributed by atoms with Crippen molar-refractivity contribution < 1.29 is 23.0 Å². The molecule has 0 amide bonds. The first-order valence-corrected chi connectivity index (χ1v) is 17.3. The molecule has 10 heteroatoms. The average Bonchev–Trinajstić information content (AvgIpc) is 3.50. The number of benzene rings is 2. The Hall–Kier alpha value is -3.34. The van der Waals surface area contributed by atoms with Gasteiger partial charge in [0.1, 0.15) is 24.0 Å². The fourth-order valence-electron chi connectivity index (χ4n) is 4.46. The van der Waals surface area contributed by atoms with Crippen LogP contribution in [0.15, 0.2) is 48.0 Å². The maximum absolute atomic E-state index is 15.6.